The average Bonchev–Trinajstić information content (AvgIpc) is 2.24. The molecule has 0 aromatic carbocycles. The lowest BCUT2D eigenvalue weighted by Crippen LogP contribution is -2.35. The molecule has 0 spiro atoms. The van der Waals surface area contributed by atoms with E-state index in [-0.39, 0.29) is 6.10 Å². The van der Waals surface area contributed by atoms with E-state index in [4.69, 9.17) is 5.73 Å². The van der Waals surface area contributed by atoms with Crippen molar-refractivity contribution in [2.75, 3.05) is 6.54 Å². The molecule has 2 atom stereocenters. The van der Waals surface area contributed by atoms with Crippen LogP contribution in [0.4, 0.5) is 0 Å². The van der Waals surface area contributed by atoms with Crippen LogP contribution in [-0.4, -0.2) is 17.8 Å². The van der Waals surface area contributed by atoms with Crippen molar-refractivity contribution >= 4 is 0 Å². The highest BCUT2D eigenvalue weighted by atomic mass is 16.3. The minimum absolute atomic E-state index is 0.166. The van der Waals surface area contributed by atoms with Crippen LogP contribution in [0.3, 0.4) is 0 Å². The summed E-state index contributed by atoms with van der Waals surface area (Å²) in [5, 5.41) is 10.5. The van der Waals surface area contributed by atoms with Crippen molar-refractivity contribution in [3.63, 3.8) is 0 Å². The first-order valence-corrected chi connectivity index (χ1v) is 7.53. The normalized spacial score (nSPS) is 23.1. The van der Waals surface area contributed by atoms with E-state index in [1.807, 2.05) is 0 Å². The van der Waals surface area contributed by atoms with Crippen molar-refractivity contribution in [1.29, 1.82) is 0 Å². The summed E-state index contributed by atoms with van der Waals surface area (Å²) in [6, 6.07) is 0. The molecule has 0 aromatic rings. The van der Waals surface area contributed by atoms with Crippen LogP contribution < -0.4 is 5.73 Å². The maximum Gasteiger partial charge on any atom is 0.0608 e. The number of hydrogen-bond acceptors (Lipinski definition) is 2. The molecule has 102 valence electrons. The summed E-state index contributed by atoms with van der Waals surface area (Å²) in [4.78, 5) is 0. The summed E-state index contributed by atoms with van der Waals surface area (Å²) in [5.41, 5.74) is 5.84. The Morgan fingerprint density at radius 2 is 1.59 bits per heavy atom. The van der Waals surface area contributed by atoms with Crippen molar-refractivity contribution in [2.24, 2.45) is 23.5 Å². The first-order valence-electron chi connectivity index (χ1n) is 7.53. The summed E-state index contributed by atoms with van der Waals surface area (Å²) in [6.07, 6.45) is 9.97. The monoisotopic (exact) mass is 241 g/mol. The Morgan fingerprint density at radius 1 is 1.06 bits per heavy atom. The van der Waals surface area contributed by atoms with Gasteiger partial charge in [-0.3, -0.25) is 0 Å². The second kappa shape index (κ2) is 8.10. The van der Waals surface area contributed by atoms with Crippen LogP contribution in [0.25, 0.3) is 0 Å². The maximum absolute atomic E-state index is 10.5. The average molecular weight is 241 g/mol. The number of nitrogens with two attached hydrogens (primary N) is 1. The Morgan fingerprint density at radius 3 is 2.06 bits per heavy atom. The molecule has 1 aliphatic carbocycles. The molecule has 2 nitrogen and oxygen atoms in total. The third kappa shape index (κ3) is 5.39. The molecule has 3 N–H and O–H groups in total. The van der Waals surface area contributed by atoms with Crippen LogP contribution in [0.5, 0.6) is 0 Å². The van der Waals surface area contributed by atoms with Gasteiger partial charge in [-0.1, -0.05) is 46.0 Å². The third-order valence-corrected chi connectivity index (χ3v) is 4.19. The zero-order chi connectivity index (χ0) is 12.7. The summed E-state index contributed by atoms with van der Waals surface area (Å²) < 4.78 is 0. The molecular formula is C15H31NO. The Labute approximate surface area is 107 Å². The SMILES string of the molecule is CC(C)CC(CN)C(O)C1CCCCCCC1. The quantitative estimate of drug-likeness (QED) is 0.775. The number of aliphatic hydroxyl groups is 1. The molecule has 17 heavy (non-hydrogen) atoms. The molecule has 1 aliphatic rings. The van der Waals surface area contributed by atoms with E-state index < -0.39 is 0 Å². The van der Waals surface area contributed by atoms with E-state index in [0.29, 0.717) is 24.3 Å². The van der Waals surface area contributed by atoms with Gasteiger partial charge in [0.05, 0.1) is 6.10 Å². The zero-order valence-electron chi connectivity index (χ0n) is 11.7. The van der Waals surface area contributed by atoms with Gasteiger partial charge in [0.25, 0.3) is 0 Å². The van der Waals surface area contributed by atoms with E-state index in [1.54, 1.807) is 0 Å². The Hall–Kier alpha value is -0.0800. The van der Waals surface area contributed by atoms with Crippen molar-refractivity contribution in [3.8, 4) is 0 Å². The van der Waals surface area contributed by atoms with Gasteiger partial charge in [-0.25, -0.2) is 0 Å². The topological polar surface area (TPSA) is 46.2 Å². The van der Waals surface area contributed by atoms with Crippen LogP contribution in [0.1, 0.15) is 65.2 Å². The van der Waals surface area contributed by atoms with E-state index in [9.17, 15) is 5.11 Å². The molecule has 0 aromatic heterocycles. The Kier molecular flexibility index (Phi) is 7.14. The van der Waals surface area contributed by atoms with Gasteiger partial charge in [-0.2, -0.15) is 0 Å². The van der Waals surface area contributed by atoms with Gasteiger partial charge in [-0.05, 0) is 43.6 Å². The highest BCUT2D eigenvalue weighted by molar-refractivity contribution is 4.79. The summed E-state index contributed by atoms with van der Waals surface area (Å²) in [7, 11) is 0. The predicted octanol–water partition coefficient (Wildman–Crippen LogP) is 3.33. The van der Waals surface area contributed by atoms with Gasteiger partial charge in [0, 0.05) is 0 Å². The van der Waals surface area contributed by atoms with Gasteiger partial charge >= 0.3 is 0 Å². The molecule has 1 rings (SSSR count). The molecule has 0 saturated heterocycles. The molecule has 0 amide bonds. The summed E-state index contributed by atoms with van der Waals surface area (Å²) >= 11 is 0. The van der Waals surface area contributed by atoms with E-state index >= 15 is 0 Å². The molecule has 0 heterocycles. The Bertz CT molecular complexity index is 185. The maximum atomic E-state index is 10.5. The molecule has 0 bridgehead atoms. The van der Waals surface area contributed by atoms with Crippen molar-refractivity contribution < 1.29 is 5.11 Å². The number of aliphatic hydroxyl groups excluding tert-OH is 1. The van der Waals surface area contributed by atoms with Crippen LogP contribution in [0.2, 0.25) is 0 Å². The third-order valence-electron chi connectivity index (χ3n) is 4.19. The van der Waals surface area contributed by atoms with Crippen LogP contribution >= 0.6 is 0 Å². The first kappa shape index (κ1) is 15.0. The fourth-order valence-corrected chi connectivity index (χ4v) is 3.19. The number of hydrogen-bond donors (Lipinski definition) is 2. The fraction of sp³-hybridized carbons (Fsp3) is 1.00. The standard InChI is InChI=1S/C15H31NO/c1-12(2)10-14(11-16)15(17)13-8-6-4-3-5-7-9-13/h12-15,17H,3-11,16H2,1-2H3. The zero-order valence-corrected chi connectivity index (χ0v) is 11.7. The molecule has 0 radical (unpaired) electrons. The largest absolute Gasteiger partial charge is 0.393 e. The van der Waals surface area contributed by atoms with Crippen molar-refractivity contribution in [2.45, 2.75) is 71.3 Å². The predicted molar refractivity (Wildman–Crippen MR) is 73.8 cm³/mol. The molecule has 1 fully saturated rings. The molecule has 2 unspecified atom stereocenters. The van der Waals surface area contributed by atoms with Gasteiger partial charge in [0.2, 0.25) is 0 Å². The molecule has 0 aliphatic heterocycles. The number of rotatable bonds is 5. The van der Waals surface area contributed by atoms with Gasteiger partial charge in [-0.15, -0.1) is 0 Å². The summed E-state index contributed by atoms with van der Waals surface area (Å²) in [6.45, 7) is 5.07. The second-order valence-corrected chi connectivity index (χ2v) is 6.22. The lowest BCUT2D eigenvalue weighted by atomic mass is 9.79. The van der Waals surface area contributed by atoms with Crippen LogP contribution in [0, 0.1) is 17.8 Å². The first-order chi connectivity index (χ1) is 8.15. The second-order valence-electron chi connectivity index (χ2n) is 6.22. The van der Waals surface area contributed by atoms with Gasteiger partial charge < -0.3 is 10.8 Å². The molecule has 2 heteroatoms. The van der Waals surface area contributed by atoms with Crippen molar-refractivity contribution in [1.82, 2.24) is 0 Å². The lowest BCUT2D eigenvalue weighted by molar-refractivity contribution is 0.0330. The smallest absolute Gasteiger partial charge is 0.0608 e. The molecule has 1 saturated carbocycles. The van der Waals surface area contributed by atoms with E-state index in [1.165, 1.54) is 44.9 Å². The summed E-state index contributed by atoms with van der Waals surface area (Å²) in [5.74, 6) is 1.44. The van der Waals surface area contributed by atoms with Crippen LogP contribution in [0.15, 0.2) is 0 Å². The van der Waals surface area contributed by atoms with Gasteiger partial charge in [0.1, 0.15) is 0 Å². The van der Waals surface area contributed by atoms with Gasteiger partial charge in [0.15, 0.2) is 0 Å². The minimum atomic E-state index is -0.166. The van der Waals surface area contributed by atoms with Crippen LogP contribution in [-0.2, 0) is 0 Å². The van der Waals surface area contributed by atoms with E-state index in [0.717, 1.165) is 6.42 Å². The van der Waals surface area contributed by atoms with E-state index in [2.05, 4.69) is 13.8 Å². The lowest BCUT2D eigenvalue weighted by Gasteiger charge is -2.31. The molecular weight excluding hydrogens is 210 g/mol. The highest BCUT2D eigenvalue weighted by Gasteiger charge is 2.27. The Balaban J connectivity index is 2.48. The fourth-order valence-electron chi connectivity index (χ4n) is 3.19. The highest BCUT2D eigenvalue weighted by Crippen LogP contribution is 2.30. The van der Waals surface area contributed by atoms with Crippen molar-refractivity contribution in [3.05, 3.63) is 0 Å². The minimum Gasteiger partial charge on any atom is -0.393 e.